The molecule has 12 heavy (non-hydrogen) atoms. The van der Waals surface area contributed by atoms with Gasteiger partial charge in [0, 0.05) is 50.8 Å². The van der Waals surface area contributed by atoms with Gasteiger partial charge in [-0.25, -0.2) is 0 Å². The fraction of sp³-hybridized carbons (Fsp3) is 1.00. The molecule has 0 radical (unpaired) electrons. The largest absolute Gasteiger partial charge is 0.306 e. The van der Waals surface area contributed by atoms with Gasteiger partial charge in [0.05, 0.1) is 0 Å². The molecule has 2 heteroatoms. The van der Waals surface area contributed by atoms with E-state index in [1.807, 2.05) is 13.8 Å². The molecule has 1 saturated carbocycles. The molecule has 0 aromatic heterocycles. The van der Waals surface area contributed by atoms with Crippen molar-refractivity contribution in [3.63, 3.8) is 0 Å². The van der Waals surface area contributed by atoms with Crippen LogP contribution < -0.4 is 0 Å². The molecule has 1 saturated heterocycles. The zero-order valence-corrected chi connectivity index (χ0v) is 9.58. The van der Waals surface area contributed by atoms with Gasteiger partial charge in [-0.05, 0) is 24.3 Å². The first-order valence-corrected chi connectivity index (χ1v) is 4.81. The van der Waals surface area contributed by atoms with Crippen molar-refractivity contribution in [1.82, 2.24) is 4.90 Å². The maximum atomic E-state index is 2.45. The van der Waals surface area contributed by atoms with Crippen LogP contribution in [0.15, 0.2) is 0 Å². The number of likely N-dealkylation sites (tertiary alicyclic amines) is 1. The van der Waals surface area contributed by atoms with Crippen molar-refractivity contribution in [3.8, 4) is 0 Å². The summed E-state index contributed by atoms with van der Waals surface area (Å²) in [4.78, 5) is 2.45. The van der Waals surface area contributed by atoms with Crippen LogP contribution in [0.5, 0.6) is 0 Å². The van der Waals surface area contributed by atoms with Crippen molar-refractivity contribution in [2.45, 2.75) is 27.7 Å². The Balaban J connectivity index is 0.000000378. The van der Waals surface area contributed by atoms with E-state index in [0.717, 1.165) is 11.8 Å². The number of hydrogen-bond donors (Lipinski definition) is 0. The zero-order valence-electron chi connectivity index (χ0n) is 8.87. The van der Waals surface area contributed by atoms with Crippen LogP contribution in [0, 0.1) is 55.0 Å². The van der Waals surface area contributed by atoms with Crippen molar-refractivity contribution in [2.24, 2.45) is 17.3 Å². The average Bonchev–Trinajstić information content (AvgIpc) is 2.34. The summed E-state index contributed by atoms with van der Waals surface area (Å²) in [6.07, 6.45) is 0. The van der Waals surface area contributed by atoms with Gasteiger partial charge in [0.1, 0.15) is 0 Å². The molecule has 0 spiro atoms. The minimum atomic E-state index is 0. The summed E-state index contributed by atoms with van der Waals surface area (Å²) in [6, 6.07) is 0. The van der Waals surface area contributed by atoms with Crippen molar-refractivity contribution in [2.75, 3.05) is 20.1 Å². The Morgan fingerprint density at radius 2 is 1.42 bits per heavy atom. The Bertz CT molecular complexity index is 131. The van der Waals surface area contributed by atoms with Crippen LogP contribution in [-0.4, -0.2) is 25.0 Å². The molecule has 2 fully saturated rings. The fourth-order valence-corrected chi connectivity index (χ4v) is 2.33. The fourth-order valence-electron chi connectivity index (χ4n) is 2.33. The first-order chi connectivity index (χ1) is 5.12. The average molecular weight is 195 g/mol. The number of rotatable bonds is 0. The summed E-state index contributed by atoms with van der Waals surface area (Å²) < 4.78 is 0. The van der Waals surface area contributed by atoms with Crippen LogP contribution in [0.2, 0.25) is 0 Å². The summed E-state index contributed by atoms with van der Waals surface area (Å²) in [5, 5.41) is 0. The topological polar surface area (TPSA) is 3.24 Å². The van der Waals surface area contributed by atoms with Crippen molar-refractivity contribution >= 4 is 0 Å². The van der Waals surface area contributed by atoms with Gasteiger partial charge >= 0.3 is 0 Å². The molecule has 0 bridgehead atoms. The molecular formula is C10H21ArN. The van der Waals surface area contributed by atoms with Gasteiger partial charge in [0.25, 0.3) is 0 Å². The predicted octanol–water partition coefficient (Wildman–Crippen LogP) is 2.23. The quantitative estimate of drug-likeness (QED) is 0.573. The second-order valence-corrected chi connectivity index (χ2v) is 4.26. The molecule has 2 unspecified atom stereocenters. The molecule has 2 rings (SSSR count). The van der Waals surface area contributed by atoms with E-state index in [1.165, 1.54) is 13.1 Å². The third-order valence-electron chi connectivity index (χ3n) is 3.30. The van der Waals surface area contributed by atoms with Gasteiger partial charge in [-0.3, -0.25) is 0 Å². The van der Waals surface area contributed by atoms with Crippen LogP contribution >= 0.6 is 0 Å². The molecule has 1 nitrogen and oxygen atoms in total. The summed E-state index contributed by atoms with van der Waals surface area (Å²) in [5.74, 6) is 2.06. The molecule has 0 aromatic carbocycles. The SMILES string of the molecule is CC.CN1CC2C(C1)C2(C)C.[Ar]. The van der Waals surface area contributed by atoms with Crippen LogP contribution in [0.3, 0.4) is 0 Å². The monoisotopic (exact) mass is 195 g/mol. The van der Waals surface area contributed by atoms with E-state index in [2.05, 4.69) is 25.8 Å². The molecule has 2 aliphatic rings. The third kappa shape index (κ3) is 2.17. The maximum absolute atomic E-state index is 2.45. The number of fused-ring (bicyclic) bond motifs is 1. The summed E-state index contributed by atoms with van der Waals surface area (Å²) in [6.45, 7) is 11.5. The second-order valence-electron chi connectivity index (χ2n) is 4.26. The van der Waals surface area contributed by atoms with E-state index < -0.39 is 0 Å². The van der Waals surface area contributed by atoms with Crippen molar-refractivity contribution in [3.05, 3.63) is 0 Å². The maximum Gasteiger partial charge on any atom is 0.00153 e. The van der Waals surface area contributed by atoms with Crippen LogP contribution in [0.25, 0.3) is 0 Å². The van der Waals surface area contributed by atoms with Gasteiger partial charge in [-0.2, -0.15) is 0 Å². The molecule has 74 valence electrons. The molecule has 2 atom stereocenters. The minimum Gasteiger partial charge on any atom is -0.306 e. The van der Waals surface area contributed by atoms with Gasteiger partial charge in [-0.1, -0.05) is 27.7 Å². The normalized spacial score (nSPS) is 35.8. The standard InChI is InChI=1S/C8H15N.C2H6.Ar/c1-8(2)6-4-9(3)5-7(6)8;1-2;/h6-7H,4-5H2,1-3H3;1-2H3;. The third-order valence-corrected chi connectivity index (χ3v) is 3.30. The Morgan fingerprint density at radius 1 is 1.08 bits per heavy atom. The van der Waals surface area contributed by atoms with E-state index >= 15 is 0 Å². The zero-order chi connectivity index (χ0) is 8.65. The van der Waals surface area contributed by atoms with Crippen LogP contribution in [-0.2, 0) is 0 Å². The first-order valence-electron chi connectivity index (χ1n) is 4.81. The number of nitrogens with zero attached hydrogens (tertiary/aromatic N) is 1. The van der Waals surface area contributed by atoms with E-state index in [-0.39, 0.29) is 37.7 Å². The van der Waals surface area contributed by atoms with E-state index in [0.29, 0.717) is 5.41 Å². The van der Waals surface area contributed by atoms with Crippen molar-refractivity contribution in [1.29, 1.82) is 0 Å². The predicted molar refractivity (Wildman–Crippen MR) is 49.6 cm³/mol. The minimum absolute atomic E-state index is 0. The summed E-state index contributed by atoms with van der Waals surface area (Å²) >= 11 is 0. The summed E-state index contributed by atoms with van der Waals surface area (Å²) in [5.41, 5.74) is 0.701. The van der Waals surface area contributed by atoms with Crippen LogP contribution in [0.4, 0.5) is 0 Å². The number of hydrogen-bond acceptors (Lipinski definition) is 1. The molecule has 0 aromatic rings. The molecule has 1 aliphatic carbocycles. The van der Waals surface area contributed by atoms with Gasteiger partial charge in [-0.15, -0.1) is 0 Å². The number of piperidine rings is 1. The van der Waals surface area contributed by atoms with Crippen molar-refractivity contribution < 1.29 is 37.7 Å². The van der Waals surface area contributed by atoms with Crippen LogP contribution in [0.1, 0.15) is 27.7 Å². The molecule has 1 aliphatic heterocycles. The first kappa shape index (κ1) is 13.2. The summed E-state index contributed by atoms with van der Waals surface area (Å²) in [7, 11) is 2.22. The smallest absolute Gasteiger partial charge is 0.00153 e. The van der Waals surface area contributed by atoms with Gasteiger partial charge in [0.15, 0.2) is 0 Å². The molecular weight excluding hydrogens is 174 g/mol. The van der Waals surface area contributed by atoms with Gasteiger partial charge in [0.2, 0.25) is 0 Å². The second kappa shape index (κ2) is 4.63. The molecule has 0 amide bonds. The Kier molecular flexibility index (Phi) is 5.10. The Hall–Kier alpha value is 1.22. The molecule has 1 heterocycles. The van der Waals surface area contributed by atoms with E-state index in [1.54, 1.807) is 0 Å². The van der Waals surface area contributed by atoms with E-state index in [4.69, 9.17) is 0 Å². The Labute approximate surface area is 107 Å². The van der Waals surface area contributed by atoms with Gasteiger partial charge < -0.3 is 4.90 Å². The van der Waals surface area contributed by atoms with E-state index in [9.17, 15) is 0 Å². The Morgan fingerprint density at radius 3 is 1.67 bits per heavy atom. The molecule has 0 N–H and O–H groups in total.